The summed E-state index contributed by atoms with van der Waals surface area (Å²) >= 11 is 0. The van der Waals surface area contributed by atoms with E-state index in [0.717, 1.165) is 0 Å². The van der Waals surface area contributed by atoms with Gasteiger partial charge < -0.3 is 10.5 Å². The molecule has 0 saturated carbocycles. The monoisotopic (exact) mass is 230 g/mol. The number of sulfonamides is 1. The van der Waals surface area contributed by atoms with E-state index in [2.05, 4.69) is 4.72 Å². The van der Waals surface area contributed by atoms with Gasteiger partial charge in [0.05, 0.1) is 7.11 Å². The lowest BCUT2D eigenvalue weighted by molar-refractivity contribution is 0.402. The number of hydrogen-bond donors (Lipinski definition) is 2. The molecule has 0 aliphatic heterocycles. The van der Waals surface area contributed by atoms with Gasteiger partial charge in [0.25, 0.3) is 0 Å². The van der Waals surface area contributed by atoms with Crippen LogP contribution in [0.4, 0.5) is 5.69 Å². The highest BCUT2D eigenvalue weighted by molar-refractivity contribution is 7.89. The van der Waals surface area contributed by atoms with Crippen LogP contribution >= 0.6 is 0 Å². The number of anilines is 1. The largest absolute Gasteiger partial charge is 0.495 e. The zero-order valence-corrected chi connectivity index (χ0v) is 9.68. The van der Waals surface area contributed by atoms with Gasteiger partial charge in [-0.3, -0.25) is 0 Å². The van der Waals surface area contributed by atoms with Crippen molar-refractivity contribution in [1.29, 1.82) is 0 Å². The summed E-state index contributed by atoms with van der Waals surface area (Å²) in [5.74, 6) is 0.243. The Balaban J connectivity index is 3.48. The summed E-state index contributed by atoms with van der Waals surface area (Å²) in [6, 6.07) is 2.99. The van der Waals surface area contributed by atoms with Gasteiger partial charge in [-0.05, 0) is 25.6 Å². The molecule has 0 aliphatic carbocycles. The van der Waals surface area contributed by atoms with E-state index in [4.69, 9.17) is 10.5 Å². The number of ether oxygens (including phenoxy) is 1. The van der Waals surface area contributed by atoms with Crippen molar-refractivity contribution in [3.05, 3.63) is 17.7 Å². The van der Waals surface area contributed by atoms with E-state index in [0.29, 0.717) is 11.3 Å². The number of rotatable bonds is 3. The molecule has 0 spiro atoms. The minimum absolute atomic E-state index is 0.0965. The molecule has 0 aromatic heterocycles. The summed E-state index contributed by atoms with van der Waals surface area (Å²) in [4.78, 5) is 0.0965. The highest BCUT2D eigenvalue weighted by Crippen LogP contribution is 2.28. The molecule has 0 heterocycles. The lowest BCUT2D eigenvalue weighted by Crippen LogP contribution is -2.19. The van der Waals surface area contributed by atoms with E-state index in [1.165, 1.54) is 26.3 Å². The van der Waals surface area contributed by atoms with E-state index >= 15 is 0 Å². The quantitative estimate of drug-likeness (QED) is 0.741. The van der Waals surface area contributed by atoms with Crippen LogP contribution in [0, 0.1) is 6.92 Å². The normalized spacial score (nSPS) is 11.4. The van der Waals surface area contributed by atoms with E-state index in [1.807, 2.05) is 0 Å². The number of hydrogen-bond acceptors (Lipinski definition) is 4. The Morgan fingerprint density at radius 2 is 2.00 bits per heavy atom. The third-order valence-electron chi connectivity index (χ3n) is 2.11. The first-order valence-electron chi connectivity index (χ1n) is 4.30. The molecule has 84 valence electrons. The van der Waals surface area contributed by atoms with Crippen LogP contribution in [0.2, 0.25) is 0 Å². The minimum atomic E-state index is -3.51. The second kappa shape index (κ2) is 4.08. The Bertz CT molecular complexity index is 468. The van der Waals surface area contributed by atoms with Gasteiger partial charge in [0.1, 0.15) is 10.6 Å². The van der Waals surface area contributed by atoms with Crippen molar-refractivity contribution in [1.82, 2.24) is 4.72 Å². The Hall–Kier alpha value is -1.27. The maximum atomic E-state index is 11.6. The van der Waals surface area contributed by atoms with Crippen LogP contribution in [0.15, 0.2) is 17.0 Å². The average Bonchev–Trinajstić information content (AvgIpc) is 2.21. The summed E-state index contributed by atoms with van der Waals surface area (Å²) in [6.45, 7) is 1.74. The smallest absolute Gasteiger partial charge is 0.244 e. The predicted octanol–water partition coefficient (Wildman–Crippen LogP) is 0.494. The molecule has 15 heavy (non-hydrogen) atoms. The third-order valence-corrected chi connectivity index (χ3v) is 3.55. The maximum Gasteiger partial charge on any atom is 0.244 e. The zero-order valence-electron chi connectivity index (χ0n) is 8.87. The van der Waals surface area contributed by atoms with E-state index in [-0.39, 0.29) is 10.6 Å². The predicted molar refractivity (Wildman–Crippen MR) is 58.4 cm³/mol. The lowest BCUT2D eigenvalue weighted by Gasteiger charge is -2.11. The number of nitrogens with two attached hydrogens (primary N) is 1. The summed E-state index contributed by atoms with van der Waals surface area (Å²) in [7, 11) is -0.762. The van der Waals surface area contributed by atoms with Gasteiger partial charge >= 0.3 is 0 Å². The molecule has 0 aliphatic rings. The molecule has 0 amide bonds. The van der Waals surface area contributed by atoms with Gasteiger partial charge in [0.2, 0.25) is 10.0 Å². The molecule has 5 nitrogen and oxygen atoms in total. The lowest BCUT2D eigenvalue weighted by atomic mass is 10.2. The first-order valence-corrected chi connectivity index (χ1v) is 5.78. The molecule has 0 radical (unpaired) electrons. The molecule has 0 fully saturated rings. The molecule has 3 N–H and O–H groups in total. The summed E-state index contributed by atoms with van der Waals surface area (Å²) < 4.78 is 30.4. The molecule has 0 unspecified atom stereocenters. The van der Waals surface area contributed by atoms with Gasteiger partial charge in [-0.2, -0.15) is 0 Å². The van der Waals surface area contributed by atoms with E-state index in [1.54, 1.807) is 6.92 Å². The maximum absolute atomic E-state index is 11.6. The third kappa shape index (κ3) is 2.21. The number of benzene rings is 1. The fourth-order valence-electron chi connectivity index (χ4n) is 1.16. The fourth-order valence-corrected chi connectivity index (χ4v) is 2.12. The molecule has 0 bridgehead atoms. The van der Waals surface area contributed by atoms with Gasteiger partial charge in [0, 0.05) is 11.8 Å². The van der Waals surface area contributed by atoms with Crippen LogP contribution in [-0.2, 0) is 10.0 Å². The minimum Gasteiger partial charge on any atom is -0.495 e. The second-order valence-electron chi connectivity index (χ2n) is 3.07. The highest BCUT2D eigenvalue weighted by atomic mass is 32.2. The molecule has 1 aromatic carbocycles. The Morgan fingerprint density at radius 1 is 1.40 bits per heavy atom. The van der Waals surface area contributed by atoms with Gasteiger partial charge in [-0.25, -0.2) is 13.1 Å². The van der Waals surface area contributed by atoms with Crippen LogP contribution in [0.25, 0.3) is 0 Å². The molecular formula is C9H14N2O3S. The van der Waals surface area contributed by atoms with E-state index in [9.17, 15) is 8.42 Å². The van der Waals surface area contributed by atoms with Crippen LogP contribution in [0.1, 0.15) is 5.56 Å². The Kier molecular flexibility index (Phi) is 3.21. The van der Waals surface area contributed by atoms with Gasteiger partial charge in [0.15, 0.2) is 0 Å². The summed E-state index contributed by atoms with van der Waals surface area (Å²) in [5, 5.41) is 0. The van der Waals surface area contributed by atoms with Crippen molar-refractivity contribution >= 4 is 15.7 Å². The summed E-state index contributed by atoms with van der Waals surface area (Å²) in [6.07, 6.45) is 0. The molecular weight excluding hydrogens is 216 g/mol. The number of nitrogen functional groups attached to an aromatic ring is 1. The number of aryl methyl sites for hydroxylation is 1. The topological polar surface area (TPSA) is 81.4 Å². The van der Waals surface area contributed by atoms with E-state index < -0.39 is 10.0 Å². The SMILES string of the molecule is CNS(=O)(=O)c1cc(C)c(N)cc1OC. The van der Waals surface area contributed by atoms with Crippen molar-refractivity contribution in [3.8, 4) is 5.75 Å². The van der Waals surface area contributed by atoms with Crippen LogP contribution < -0.4 is 15.2 Å². The van der Waals surface area contributed by atoms with Crippen LogP contribution in [0.5, 0.6) is 5.75 Å². The summed E-state index contributed by atoms with van der Waals surface area (Å²) in [5.41, 5.74) is 6.86. The first kappa shape index (κ1) is 11.8. The first-order chi connectivity index (χ1) is 6.92. The number of methoxy groups -OCH3 is 1. The van der Waals surface area contributed by atoms with Crippen molar-refractivity contribution in [2.75, 3.05) is 19.9 Å². The van der Waals surface area contributed by atoms with Crippen molar-refractivity contribution in [2.24, 2.45) is 0 Å². The standard InChI is InChI=1S/C9H14N2O3S/c1-6-4-9(15(12,13)11-2)8(14-3)5-7(6)10/h4-5,11H,10H2,1-3H3. The van der Waals surface area contributed by atoms with Crippen LogP contribution in [-0.4, -0.2) is 22.6 Å². The van der Waals surface area contributed by atoms with Gasteiger partial charge in [-0.15, -0.1) is 0 Å². The Labute approximate surface area is 89.3 Å². The second-order valence-corrected chi connectivity index (χ2v) is 4.92. The van der Waals surface area contributed by atoms with Crippen LogP contribution in [0.3, 0.4) is 0 Å². The van der Waals surface area contributed by atoms with Crippen molar-refractivity contribution in [2.45, 2.75) is 11.8 Å². The molecule has 6 heteroatoms. The average molecular weight is 230 g/mol. The molecule has 1 rings (SSSR count). The Morgan fingerprint density at radius 3 is 2.47 bits per heavy atom. The molecule has 1 aromatic rings. The molecule has 0 atom stereocenters. The highest BCUT2D eigenvalue weighted by Gasteiger charge is 2.18. The fraction of sp³-hybridized carbons (Fsp3) is 0.333. The zero-order chi connectivity index (χ0) is 11.6. The van der Waals surface area contributed by atoms with Gasteiger partial charge in [-0.1, -0.05) is 0 Å². The van der Waals surface area contributed by atoms with Crippen molar-refractivity contribution < 1.29 is 13.2 Å². The van der Waals surface area contributed by atoms with Crippen molar-refractivity contribution in [3.63, 3.8) is 0 Å². The number of nitrogens with one attached hydrogen (secondary N) is 1. The molecule has 0 saturated heterocycles.